The summed E-state index contributed by atoms with van der Waals surface area (Å²) in [6, 6.07) is 6.72. The molecule has 0 bridgehead atoms. The molecule has 1 aliphatic carbocycles. The molecular weight excluding hydrogens is 256 g/mol. The van der Waals surface area contributed by atoms with Gasteiger partial charge in [0.25, 0.3) is 0 Å². The van der Waals surface area contributed by atoms with Crippen LogP contribution in [-0.4, -0.2) is 26.2 Å². The van der Waals surface area contributed by atoms with Crippen LogP contribution in [0, 0.1) is 5.92 Å². The first-order chi connectivity index (χ1) is 9.63. The predicted octanol–water partition coefficient (Wildman–Crippen LogP) is 2.04. The molecule has 0 radical (unpaired) electrons. The summed E-state index contributed by atoms with van der Waals surface area (Å²) in [4.78, 5) is 19.8. The van der Waals surface area contributed by atoms with Crippen LogP contribution in [0.25, 0.3) is 11.4 Å². The fourth-order valence-corrected chi connectivity index (χ4v) is 2.47. The molecular formula is C15H14N2O3. The number of hydrogen-bond donors (Lipinski definition) is 2. The maximum atomic E-state index is 11.0. The van der Waals surface area contributed by atoms with Gasteiger partial charge in [-0.15, -0.1) is 0 Å². The number of phenolic OH excluding ortho intramolecular Hbond substituents is 1. The number of aromatic hydroxyl groups is 1. The topological polar surface area (TPSA) is 83.3 Å². The van der Waals surface area contributed by atoms with Crippen LogP contribution in [0.4, 0.5) is 0 Å². The molecule has 5 heteroatoms. The molecule has 1 atom stereocenters. The van der Waals surface area contributed by atoms with E-state index in [-0.39, 0.29) is 11.7 Å². The fourth-order valence-electron chi connectivity index (χ4n) is 2.47. The summed E-state index contributed by atoms with van der Waals surface area (Å²) < 4.78 is 0. The third-order valence-corrected chi connectivity index (χ3v) is 3.62. The zero-order valence-electron chi connectivity index (χ0n) is 10.8. The molecule has 5 nitrogen and oxygen atoms in total. The van der Waals surface area contributed by atoms with Gasteiger partial charge in [0.05, 0.1) is 5.92 Å². The van der Waals surface area contributed by atoms with Gasteiger partial charge in [-0.25, -0.2) is 9.97 Å². The Balaban J connectivity index is 1.91. The van der Waals surface area contributed by atoms with E-state index in [4.69, 9.17) is 5.11 Å². The van der Waals surface area contributed by atoms with Crippen molar-refractivity contribution < 1.29 is 15.0 Å². The van der Waals surface area contributed by atoms with Crippen LogP contribution >= 0.6 is 0 Å². The van der Waals surface area contributed by atoms with E-state index in [0.29, 0.717) is 25.1 Å². The summed E-state index contributed by atoms with van der Waals surface area (Å²) in [6.45, 7) is 0. The van der Waals surface area contributed by atoms with Crippen molar-refractivity contribution in [2.75, 3.05) is 0 Å². The molecule has 0 saturated heterocycles. The number of phenols is 1. The lowest BCUT2D eigenvalue weighted by Crippen LogP contribution is -2.23. The lowest BCUT2D eigenvalue weighted by molar-refractivity contribution is -0.142. The van der Waals surface area contributed by atoms with Crippen molar-refractivity contribution in [3.8, 4) is 17.1 Å². The smallest absolute Gasteiger partial charge is 0.306 e. The number of rotatable bonds is 2. The highest BCUT2D eigenvalue weighted by Crippen LogP contribution is 2.26. The summed E-state index contributed by atoms with van der Waals surface area (Å²) in [5.74, 6) is -0.266. The number of benzene rings is 1. The lowest BCUT2D eigenvalue weighted by atomic mass is 9.87. The van der Waals surface area contributed by atoms with Crippen molar-refractivity contribution >= 4 is 5.97 Å². The summed E-state index contributed by atoms with van der Waals surface area (Å²) in [5.41, 5.74) is 2.69. The van der Waals surface area contributed by atoms with Crippen LogP contribution in [-0.2, 0) is 17.6 Å². The standard InChI is InChI=1S/C15H14N2O3/c18-12-4-1-9(2-5-12)14-16-8-11-7-10(15(19)20)3-6-13(11)17-14/h1-2,4-5,8,10,18H,3,6-7H2,(H,19,20). The van der Waals surface area contributed by atoms with E-state index in [0.717, 1.165) is 16.8 Å². The molecule has 2 N–H and O–H groups in total. The fraction of sp³-hybridized carbons (Fsp3) is 0.267. The number of carboxylic acid groups (broad SMARTS) is 1. The number of carbonyl (C=O) groups is 1. The Labute approximate surface area is 115 Å². The van der Waals surface area contributed by atoms with Crippen LogP contribution in [0.15, 0.2) is 30.5 Å². The van der Waals surface area contributed by atoms with Crippen molar-refractivity contribution in [3.63, 3.8) is 0 Å². The summed E-state index contributed by atoms with van der Waals surface area (Å²) >= 11 is 0. The maximum Gasteiger partial charge on any atom is 0.306 e. The van der Waals surface area contributed by atoms with Crippen LogP contribution in [0.5, 0.6) is 5.75 Å². The number of aromatic nitrogens is 2. The maximum absolute atomic E-state index is 11.0. The molecule has 0 aliphatic heterocycles. The lowest BCUT2D eigenvalue weighted by Gasteiger charge is -2.20. The molecule has 3 rings (SSSR count). The zero-order chi connectivity index (χ0) is 14.1. The molecule has 0 fully saturated rings. The molecule has 1 aromatic carbocycles. The highest BCUT2D eigenvalue weighted by Gasteiger charge is 2.25. The van der Waals surface area contributed by atoms with Gasteiger partial charge in [0.15, 0.2) is 5.82 Å². The van der Waals surface area contributed by atoms with E-state index < -0.39 is 5.97 Å². The summed E-state index contributed by atoms with van der Waals surface area (Å²) in [5, 5.41) is 18.3. The number of aliphatic carboxylic acids is 1. The molecule has 1 unspecified atom stereocenters. The molecule has 2 aromatic rings. The van der Waals surface area contributed by atoms with Gasteiger partial charge in [0.2, 0.25) is 0 Å². The van der Waals surface area contributed by atoms with Crippen molar-refractivity contribution in [1.82, 2.24) is 9.97 Å². The van der Waals surface area contributed by atoms with Crippen molar-refractivity contribution in [2.45, 2.75) is 19.3 Å². The zero-order valence-corrected chi connectivity index (χ0v) is 10.8. The Kier molecular flexibility index (Phi) is 3.10. The number of hydrogen-bond acceptors (Lipinski definition) is 4. The van der Waals surface area contributed by atoms with Gasteiger partial charge >= 0.3 is 5.97 Å². The predicted molar refractivity (Wildman–Crippen MR) is 72.3 cm³/mol. The highest BCUT2D eigenvalue weighted by atomic mass is 16.4. The molecule has 102 valence electrons. The minimum Gasteiger partial charge on any atom is -0.508 e. The normalized spacial score (nSPS) is 17.5. The van der Waals surface area contributed by atoms with E-state index >= 15 is 0 Å². The second-order valence-electron chi connectivity index (χ2n) is 4.99. The van der Waals surface area contributed by atoms with Crippen molar-refractivity contribution in [1.29, 1.82) is 0 Å². The van der Waals surface area contributed by atoms with E-state index in [1.807, 2.05) is 0 Å². The summed E-state index contributed by atoms with van der Waals surface area (Å²) in [6.07, 6.45) is 3.51. The molecule has 0 saturated carbocycles. The average molecular weight is 270 g/mol. The second kappa shape index (κ2) is 4.92. The highest BCUT2D eigenvalue weighted by molar-refractivity contribution is 5.71. The van der Waals surface area contributed by atoms with Crippen LogP contribution in [0.3, 0.4) is 0 Å². The van der Waals surface area contributed by atoms with Gasteiger partial charge in [-0.2, -0.15) is 0 Å². The van der Waals surface area contributed by atoms with E-state index in [1.54, 1.807) is 30.5 Å². The molecule has 1 aliphatic rings. The Hall–Kier alpha value is -2.43. The van der Waals surface area contributed by atoms with Gasteiger partial charge in [-0.05, 0) is 49.1 Å². The first-order valence-corrected chi connectivity index (χ1v) is 6.50. The molecule has 20 heavy (non-hydrogen) atoms. The van der Waals surface area contributed by atoms with Crippen molar-refractivity contribution in [3.05, 3.63) is 41.7 Å². The SMILES string of the molecule is O=C(O)C1CCc2nc(-c3ccc(O)cc3)ncc2C1. The minimum absolute atomic E-state index is 0.205. The third-order valence-electron chi connectivity index (χ3n) is 3.62. The molecule has 0 spiro atoms. The van der Waals surface area contributed by atoms with Gasteiger partial charge in [0, 0.05) is 17.5 Å². The van der Waals surface area contributed by atoms with Gasteiger partial charge in [0.1, 0.15) is 5.75 Å². The number of aryl methyl sites for hydroxylation is 1. The van der Waals surface area contributed by atoms with Crippen LogP contribution in [0.1, 0.15) is 17.7 Å². The number of nitrogens with zero attached hydrogens (tertiary/aromatic N) is 2. The number of carboxylic acids is 1. The van der Waals surface area contributed by atoms with E-state index in [2.05, 4.69) is 9.97 Å². The Morgan fingerprint density at radius 1 is 1.25 bits per heavy atom. The number of fused-ring (bicyclic) bond motifs is 1. The Morgan fingerprint density at radius 3 is 2.70 bits per heavy atom. The van der Waals surface area contributed by atoms with Gasteiger partial charge in [-0.1, -0.05) is 0 Å². The van der Waals surface area contributed by atoms with Crippen LogP contribution in [0.2, 0.25) is 0 Å². The van der Waals surface area contributed by atoms with Crippen molar-refractivity contribution in [2.24, 2.45) is 5.92 Å². The molecule has 1 aromatic heterocycles. The monoisotopic (exact) mass is 270 g/mol. The Bertz CT molecular complexity index is 653. The average Bonchev–Trinajstić information content (AvgIpc) is 2.47. The largest absolute Gasteiger partial charge is 0.508 e. The molecule has 0 amide bonds. The first kappa shape index (κ1) is 12.6. The summed E-state index contributed by atoms with van der Waals surface area (Å²) in [7, 11) is 0. The third kappa shape index (κ3) is 2.34. The Morgan fingerprint density at radius 2 is 2.00 bits per heavy atom. The quantitative estimate of drug-likeness (QED) is 0.872. The first-order valence-electron chi connectivity index (χ1n) is 6.50. The minimum atomic E-state index is -0.752. The van der Waals surface area contributed by atoms with E-state index in [1.165, 1.54) is 0 Å². The van der Waals surface area contributed by atoms with Crippen LogP contribution < -0.4 is 0 Å². The second-order valence-corrected chi connectivity index (χ2v) is 4.99. The van der Waals surface area contributed by atoms with E-state index in [9.17, 15) is 9.90 Å². The van der Waals surface area contributed by atoms with Gasteiger partial charge in [-0.3, -0.25) is 4.79 Å². The van der Waals surface area contributed by atoms with Gasteiger partial charge < -0.3 is 10.2 Å². The molecule has 1 heterocycles.